The maximum absolute atomic E-state index is 4.93. The molecule has 0 fully saturated rings. The highest BCUT2D eigenvalue weighted by molar-refractivity contribution is 9.10. The van der Waals surface area contributed by atoms with Gasteiger partial charge in [-0.15, -0.1) is 16.4 Å². The van der Waals surface area contributed by atoms with Crippen molar-refractivity contribution in [3.63, 3.8) is 0 Å². The van der Waals surface area contributed by atoms with Crippen molar-refractivity contribution >= 4 is 33.5 Å². The van der Waals surface area contributed by atoms with E-state index in [4.69, 9.17) is 5.10 Å². The Balaban J connectivity index is 1.44. The molecule has 40 heavy (non-hydrogen) atoms. The van der Waals surface area contributed by atoms with E-state index in [0.29, 0.717) is 0 Å². The molecular weight excluding hydrogens is 578 g/mol. The lowest BCUT2D eigenvalue weighted by atomic mass is 10.1. The average molecular weight is 605 g/mol. The molecule has 0 aliphatic rings. The molecule has 0 bridgehead atoms. The Hall–Kier alpha value is -4.33. The monoisotopic (exact) mass is 603 g/mol. The third-order valence-electron chi connectivity index (χ3n) is 6.57. The number of halogens is 1. The molecule has 196 valence electrons. The predicted octanol–water partition coefficient (Wildman–Crippen LogP) is 8.37. The second-order valence-corrected chi connectivity index (χ2v) is 11.3. The smallest absolute Gasteiger partial charge is 0.215 e. The molecule has 5 nitrogen and oxygen atoms in total. The van der Waals surface area contributed by atoms with Gasteiger partial charge in [0.05, 0.1) is 17.6 Å². The topological polar surface area (TPSA) is 47.5 Å². The number of aryl methyl sites for hydroxylation is 2. The molecular formula is C33H26BrN5S. The van der Waals surface area contributed by atoms with Crippen LogP contribution in [0.3, 0.4) is 0 Å². The van der Waals surface area contributed by atoms with Crippen molar-refractivity contribution in [2.75, 3.05) is 0 Å². The summed E-state index contributed by atoms with van der Waals surface area (Å²) >= 11 is 5.10. The van der Waals surface area contributed by atoms with E-state index in [1.54, 1.807) is 17.6 Å². The van der Waals surface area contributed by atoms with Crippen molar-refractivity contribution in [1.82, 2.24) is 14.3 Å². The first-order valence-corrected chi connectivity index (χ1v) is 14.6. The Morgan fingerprint density at radius 1 is 0.750 bits per heavy atom. The Labute approximate surface area is 245 Å². The van der Waals surface area contributed by atoms with E-state index >= 15 is 0 Å². The zero-order chi connectivity index (χ0) is 27.5. The minimum atomic E-state index is 0.781. The third-order valence-corrected chi connectivity index (χ3v) is 7.91. The number of hydrogen-bond donors (Lipinski definition) is 0. The Morgan fingerprint density at radius 2 is 1.40 bits per heavy atom. The number of thiazole rings is 1. The molecule has 6 aromatic rings. The number of para-hydroxylation sites is 1. The fourth-order valence-electron chi connectivity index (χ4n) is 4.42. The molecule has 0 unspecified atom stereocenters. The van der Waals surface area contributed by atoms with E-state index in [2.05, 4.69) is 135 Å². The molecule has 0 spiro atoms. The predicted molar refractivity (Wildman–Crippen MR) is 168 cm³/mol. The van der Waals surface area contributed by atoms with Crippen LogP contribution in [0.4, 0.5) is 0 Å². The molecule has 0 aliphatic carbocycles. The van der Waals surface area contributed by atoms with Gasteiger partial charge in [-0.1, -0.05) is 93.8 Å². The number of benzene rings is 4. The van der Waals surface area contributed by atoms with Gasteiger partial charge in [0.15, 0.2) is 0 Å². The van der Waals surface area contributed by atoms with Crippen molar-refractivity contribution in [2.45, 2.75) is 13.8 Å². The number of nitrogens with zero attached hydrogens (tertiary/aromatic N) is 5. The standard InChI is InChI=1S/C33H26BrN5S/c1-23-8-12-26(13-9-23)32-27(21-38(37-32)29-18-10-24(2)11-19-29)20-35-36-33-39(30-6-4-3-5-7-30)31(22-40-33)25-14-16-28(34)17-15-25/h3-22H,1-2H3. The second kappa shape index (κ2) is 11.4. The first-order chi connectivity index (χ1) is 19.5. The van der Waals surface area contributed by atoms with Crippen LogP contribution in [0.2, 0.25) is 0 Å². The summed E-state index contributed by atoms with van der Waals surface area (Å²) in [4.78, 5) is 0.781. The van der Waals surface area contributed by atoms with Crippen molar-refractivity contribution in [1.29, 1.82) is 0 Å². The summed E-state index contributed by atoms with van der Waals surface area (Å²) in [5.74, 6) is 0. The molecule has 0 amide bonds. The van der Waals surface area contributed by atoms with E-state index in [9.17, 15) is 0 Å². The summed E-state index contributed by atoms with van der Waals surface area (Å²) in [6.07, 6.45) is 3.80. The van der Waals surface area contributed by atoms with E-state index < -0.39 is 0 Å². The van der Waals surface area contributed by atoms with Crippen molar-refractivity contribution < 1.29 is 0 Å². The molecule has 6 rings (SSSR count). The van der Waals surface area contributed by atoms with Gasteiger partial charge in [0.1, 0.15) is 5.69 Å². The maximum Gasteiger partial charge on any atom is 0.215 e. The lowest BCUT2D eigenvalue weighted by Crippen LogP contribution is -2.13. The SMILES string of the molecule is Cc1ccc(-c2nn(-c3ccc(C)cc3)cc2C=NN=c2scc(-c3ccc(Br)cc3)n2-c2ccccc2)cc1. The molecule has 2 heterocycles. The van der Waals surface area contributed by atoms with Crippen LogP contribution in [-0.4, -0.2) is 20.6 Å². The first kappa shape index (κ1) is 25.9. The second-order valence-electron chi connectivity index (χ2n) is 9.51. The Bertz CT molecular complexity index is 1840. The summed E-state index contributed by atoms with van der Waals surface area (Å²) in [6, 6.07) is 35.3. The maximum atomic E-state index is 4.93. The van der Waals surface area contributed by atoms with E-state index in [1.165, 1.54) is 11.1 Å². The van der Waals surface area contributed by atoms with Crippen LogP contribution in [0.15, 0.2) is 129 Å². The van der Waals surface area contributed by atoms with Gasteiger partial charge in [0.25, 0.3) is 0 Å². The van der Waals surface area contributed by atoms with Gasteiger partial charge in [-0.25, -0.2) is 4.68 Å². The van der Waals surface area contributed by atoms with Crippen LogP contribution in [0.25, 0.3) is 33.9 Å². The third kappa shape index (κ3) is 5.52. The largest absolute Gasteiger partial charge is 0.284 e. The quantitative estimate of drug-likeness (QED) is 0.139. The lowest BCUT2D eigenvalue weighted by molar-refractivity contribution is 0.883. The van der Waals surface area contributed by atoms with Gasteiger partial charge in [0, 0.05) is 32.9 Å². The zero-order valence-electron chi connectivity index (χ0n) is 22.1. The summed E-state index contributed by atoms with van der Waals surface area (Å²) < 4.78 is 5.08. The first-order valence-electron chi connectivity index (χ1n) is 12.9. The van der Waals surface area contributed by atoms with Crippen molar-refractivity contribution in [3.05, 3.63) is 141 Å². The number of rotatable bonds is 6. The number of aromatic nitrogens is 3. The molecule has 0 saturated heterocycles. The molecule has 2 aromatic heterocycles. The van der Waals surface area contributed by atoms with Gasteiger partial charge < -0.3 is 0 Å². The highest BCUT2D eigenvalue weighted by atomic mass is 79.9. The summed E-state index contributed by atoms with van der Waals surface area (Å²) in [5, 5.41) is 16.3. The van der Waals surface area contributed by atoms with Crippen molar-refractivity contribution in [2.24, 2.45) is 10.2 Å². The Kier molecular flexibility index (Phi) is 7.40. The normalized spacial score (nSPS) is 11.9. The minimum Gasteiger partial charge on any atom is -0.284 e. The fraction of sp³-hybridized carbons (Fsp3) is 0.0606. The summed E-state index contributed by atoms with van der Waals surface area (Å²) in [7, 11) is 0. The van der Waals surface area contributed by atoms with E-state index in [-0.39, 0.29) is 0 Å². The average Bonchev–Trinajstić information content (AvgIpc) is 3.60. The van der Waals surface area contributed by atoms with Gasteiger partial charge in [-0.05, 0) is 55.8 Å². The molecule has 0 aliphatic heterocycles. The van der Waals surface area contributed by atoms with E-state index in [0.717, 1.165) is 48.7 Å². The highest BCUT2D eigenvalue weighted by Crippen LogP contribution is 2.26. The van der Waals surface area contributed by atoms with Crippen LogP contribution in [0, 0.1) is 13.8 Å². The van der Waals surface area contributed by atoms with Crippen molar-refractivity contribution in [3.8, 4) is 33.9 Å². The molecule has 0 radical (unpaired) electrons. The fourth-order valence-corrected chi connectivity index (χ4v) is 5.54. The van der Waals surface area contributed by atoms with E-state index in [1.807, 2.05) is 29.1 Å². The summed E-state index contributed by atoms with van der Waals surface area (Å²) in [5.41, 5.74) is 9.39. The van der Waals surface area contributed by atoms with Gasteiger partial charge in [0.2, 0.25) is 4.80 Å². The molecule has 0 atom stereocenters. The highest BCUT2D eigenvalue weighted by Gasteiger charge is 2.12. The van der Waals surface area contributed by atoms with Crippen LogP contribution in [0.1, 0.15) is 16.7 Å². The zero-order valence-corrected chi connectivity index (χ0v) is 24.5. The molecule has 0 saturated carbocycles. The van der Waals surface area contributed by atoms with Gasteiger partial charge >= 0.3 is 0 Å². The van der Waals surface area contributed by atoms with Crippen LogP contribution < -0.4 is 4.80 Å². The summed E-state index contributed by atoms with van der Waals surface area (Å²) in [6.45, 7) is 4.17. The van der Waals surface area contributed by atoms with Crippen LogP contribution in [-0.2, 0) is 0 Å². The van der Waals surface area contributed by atoms with Gasteiger partial charge in [-0.3, -0.25) is 4.57 Å². The molecule has 0 N–H and O–H groups in total. The minimum absolute atomic E-state index is 0.781. The molecule has 4 aromatic carbocycles. The lowest BCUT2D eigenvalue weighted by Gasteiger charge is -2.09. The van der Waals surface area contributed by atoms with Gasteiger partial charge in [-0.2, -0.15) is 10.2 Å². The molecule has 7 heteroatoms. The number of hydrogen-bond acceptors (Lipinski definition) is 4. The van der Waals surface area contributed by atoms with Crippen LogP contribution in [0.5, 0.6) is 0 Å². The Morgan fingerprint density at radius 3 is 2.10 bits per heavy atom. The van der Waals surface area contributed by atoms with Crippen LogP contribution >= 0.6 is 27.3 Å².